The van der Waals surface area contributed by atoms with E-state index in [2.05, 4.69) is 27.9 Å². The van der Waals surface area contributed by atoms with Gasteiger partial charge in [0.2, 0.25) is 0 Å². The molecule has 1 saturated heterocycles. The van der Waals surface area contributed by atoms with Crippen LogP contribution in [0.15, 0.2) is 24.3 Å². The highest BCUT2D eigenvalue weighted by atomic mass is 16.6. The molecule has 0 saturated carbocycles. The summed E-state index contributed by atoms with van der Waals surface area (Å²) < 4.78 is 1.43. The minimum atomic E-state index is -0.471. The second kappa shape index (κ2) is 6.98. The number of rotatable bonds is 4. The second-order valence-corrected chi connectivity index (χ2v) is 6.26. The second-order valence-electron chi connectivity index (χ2n) is 6.26. The number of carbonyl (C=O) groups is 1. The van der Waals surface area contributed by atoms with E-state index in [-0.39, 0.29) is 23.3 Å². The van der Waals surface area contributed by atoms with Crippen molar-refractivity contribution in [2.75, 3.05) is 13.1 Å². The van der Waals surface area contributed by atoms with E-state index in [1.54, 1.807) is 19.1 Å². The molecule has 2 atom stereocenters. The van der Waals surface area contributed by atoms with Crippen LogP contribution in [0.4, 0.5) is 5.69 Å². The van der Waals surface area contributed by atoms with Crippen molar-refractivity contribution in [3.63, 3.8) is 0 Å². The predicted molar refractivity (Wildman–Crippen MR) is 90.7 cm³/mol. The summed E-state index contributed by atoms with van der Waals surface area (Å²) in [4.78, 5) is 23.0. The van der Waals surface area contributed by atoms with Gasteiger partial charge in [0.05, 0.1) is 16.3 Å². The molecule has 0 spiro atoms. The number of nitrogens with zero attached hydrogens (tertiary/aromatic N) is 4. The minimum Gasteiger partial charge on any atom is -0.346 e. The van der Waals surface area contributed by atoms with E-state index in [9.17, 15) is 14.9 Å². The number of benzene rings is 1. The Labute approximate surface area is 144 Å². The molecule has 25 heavy (non-hydrogen) atoms. The van der Waals surface area contributed by atoms with Crippen molar-refractivity contribution in [2.45, 2.75) is 26.3 Å². The van der Waals surface area contributed by atoms with Gasteiger partial charge in [-0.25, -0.2) is 4.68 Å². The van der Waals surface area contributed by atoms with Crippen molar-refractivity contribution in [1.29, 1.82) is 0 Å². The van der Waals surface area contributed by atoms with E-state index in [4.69, 9.17) is 0 Å². The van der Waals surface area contributed by atoms with Gasteiger partial charge in [-0.3, -0.25) is 14.9 Å². The lowest BCUT2D eigenvalue weighted by molar-refractivity contribution is -0.384. The van der Waals surface area contributed by atoms with Gasteiger partial charge in [-0.1, -0.05) is 18.2 Å². The first-order valence-corrected chi connectivity index (χ1v) is 8.16. The average Bonchev–Trinajstić information content (AvgIpc) is 2.98. The number of carbonyl (C=O) groups excluding carboxylic acids is 1. The van der Waals surface area contributed by atoms with Gasteiger partial charge in [0.15, 0.2) is 5.69 Å². The smallest absolute Gasteiger partial charge is 0.274 e. The zero-order valence-corrected chi connectivity index (χ0v) is 14.1. The molecule has 1 aliphatic rings. The first-order chi connectivity index (χ1) is 12.0. The van der Waals surface area contributed by atoms with E-state index in [0.29, 0.717) is 17.3 Å². The monoisotopic (exact) mass is 344 g/mol. The predicted octanol–water partition coefficient (Wildman–Crippen LogP) is 1.21. The van der Waals surface area contributed by atoms with Crippen LogP contribution in [0.25, 0.3) is 5.69 Å². The molecular formula is C16H20N6O3. The Bertz CT molecular complexity index is 803. The molecule has 2 aromatic rings. The van der Waals surface area contributed by atoms with E-state index < -0.39 is 4.92 Å². The van der Waals surface area contributed by atoms with Crippen LogP contribution in [0, 0.1) is 23.0 Å². The fraction of sp³-hybridized carbons (Fsp3) is 0.438. The molecule has 2 N–H and O–H groups in total. The van der Waals surface area contributed by atoms with E-state index in [1.807, 2.05) is 0 Å². The summed E-state index contributed by atoms with van der Waals surface area (Å²) in [6.45, 7) is 5.51. The quantitative estimate of drug-likeness (QED) is 0.636. The van der Waals surface area contributed by atoms with Crippen LogP contribution in [0.2, 0.25) is 0 Å². The maximum atomic E-state index is 12.5. The third-order valence-corrected chi connectivity index (χ3v) is 4.54. The molecule has 1 aromatic heterocycles. The van der Waals surface area contributed by atoms with E-state index >= 15 is 0 Å². The van der Waals surface area contributed by atoms with Gasteiger partial charge in [-0.2, -0.15) is 0 Å². The zero-order valence-electron chi connectivity index (χ0n) is 14.1. The van der Waals surface area contributed by atoms with E-state index in [1.165, 1.54) is 16.8 Å². The molecule has 1 aliphatic heterocycles. The van der Waals surface area contributed by atoms with Gasteiger partial charge in [0.1, 0.15) is 0 Å². The molecule has 3 rings (SSSR count). The maximum Gasteiger partial charge on any atom is 0.274 e. The number of hydrogen-bond acceptors (Lipinski definition) is 6. The minimum absolute atomic E-state index is 0.0412. The fourth-order valence-electron chi connectivity index (χ4n) is 2.94. The maximum absolute atomic E-state index is 12.5. The molecule has 0 bridgehead atoms. The molecule has 0 aliphatic carbocycles. The number of nitrogens with one attached hydrogen (secondary N) is 2. The Balaban J connectivity index is 1.82. The molecule has 132 valence electrons. The number of non-ortho nitro benzene ring substituents is 1. The normalized spacial score (nSPS) is 20.2. The summed E-state index contributed by atoms with van der Waals surface area (Å²) in [5.74, 6) is 0.104. The Morgan fingerprint density at radius 1 is 1.48 bits per heavy atom. The molecule has 2 unspecified atom stereocenters. The molecule has 2 heterocycles. The number of piperidine rings is 1. The van der Waals surface area contributed by atoms with Gasteiger partial charge in [-0.15, -0.1) is 5.10 Å². The summed E-state index contributed by atoms with van der Waals surface area (Å²) in [5, 5.41) is 25.1. The standard InChI is InChI=1S/C16H20N6O3/c1-10-6-7-17-9-14(10)18-16(23)15-11(2)21(20-19-15)12-4-3-5-13(8-12)22(24)25/h3-5,8,10,14,17H,6-7,9H2,1-2H3,(H,18,23). The molecule has 1 fully saturated rings. The highest BCUT2D eigenvalue weighted by molar-refractivity contribution is 5.93. The SMILES string of the molecule is Cc1c(C(=O)NC2CNCCC2C)nnn1-c1cccc([N+](=O)[O-])c1. The molecular weight excluding hydrogens is 324 g/mol. The molecule has 9 nitrogen and oxygen atoms in total. The highest BCUT2D eigenvalue weighted by Crippen LogP contribution is 2.19. The van der Waals surface area contributed by atoms with Gasteiger partial charge in [0.25, 0.3) is 11.6 Å². The van der Waals surface area contributed by atoms with Crippen LogP contribution in [0.3, 0.4) is 0 Å². The van der Waals surface area contributed by atoms with Crippen molar-refractivity contribution >= 4 is 11.6 Å². The lowest BCUT2D eigenvalue weighted by atomic mass is 9.95. The van der Waals surface area contributed by atoms with Gasteiger partial charge in [0, 0.05) is 24.7 Å². The number of aromatic nitrogens is 3. The number of amides is 1. The topological polar surface area (TPSA) is 115 Å². The summed E-state index contributed by atoms with van der Waals surface area (Å²) >= 11 is 0. The molecule has 1 aromatic carbocycles. The third kappa shape index (κ3) is 3.50. The Morgan fingerprint density at radius 3 is 3.00 bits per heavy atom. The first-order valence-electron chi connectivity index (χ1n) is 8.16. The van der Waals surface area contributed by atoms with Crippen molar-refractivity contribution in [3.8, 4) is 5.69 Å². The Hall–Kier alpha value is -2.81. The van der Waals surface area contributed by atoms with Crippen molar-refractivity contribution in [2.24, 2.45) is 5.92 Å². The van der Waals surface area contributed by atoms with Crippen LogP contribution in [0.5, 0.6) is 0 Å². The highest BCUT2D eigenvalue weighted by Gasteiger charge is 2.25. The fourth-order valence-corrected chi connectivity index (χ4v) is 2.94. The van der Waals surface area contributed by atoms with Crippen molar-refractivity contribution in [1.82, 2.24) is 25.6 Å². The largest absolute Gasteiger partial charge is 0.346 e. The van der Waals surface area contributed by atoms with Crippen LogP contribution >= 0.6 is 0 Å². The zero-order chi connectivity index (χ0) is 18.0. The molecule has 0 radical (unpaired) electrons. The summed E-state index contributed by atoms with van der Waals surface area (Å²) in [6.07, 6.45) is 1.00. The third-order valence-electron chi connectivity index (χ3n) is 4.54. The van der Waals surface area contributed by atoms with Gasteiger partial charge >= 0.3 is 0 Å². The summed E-state index contributed by atoms with van der Waals surface area (Å²) in [5.41, 5.74) is 1.21. The molecule has 1 amide bonds. The lowest BCUT2D eigenvalue weighted by Gasteiger charge is -2.29. The Morgan fingerprint density at radius 2 is 2.28 bits per heavy atom. The van der Waals surface area contributed by atoms with E-state index in [0.717, 1.165) is 19.5 Å². The van der Waals surface area contributed by atoms with Crippen LogP contribution in [-0.4, -0.2) is 45.0 Å². The number of nitro groups is 1. The van der Waals surface area contributed by atoms with Crippen molar-refractivity contribution < 1.29 is 9.72 Å². The summed E-state index contributed by atoms with van der Waals surface area (Å²) in [7, 11) is 0. The van der Waals surface area contributed by atoms with Crippen molar-refractivity contribution in [3.05, 3.63) is 45.8 Å². The number of hydrogen-bond donors (Lipinski definition) is 2. The number of nitro benzene ring substituents is 1. The van der Waals surface area contributed by atoms with Gasteiger partial charge < -0.3 is 10.6 Å². The summed E-state index contributed by atoms with van der Waals surface area (Å²) in [6, 6.07) is 6.11. The molecule has 9 heteroatoms. The first kappa shape index (κ1) is 17.0. The average molecular weight is 344 g/mol. The van der Waals surface area contributed by atoms with Crippen LogP contribution in [-0.2, 0) is 0 Å². The van der Waals surface area contributed by atoms with Gasteiger partial charge in [-0.05, 0) is 31.9 Å². The van der Waals surface area contributed by atoms with Crippen LogP contribution < -0.4 is 10.6 Å². The Kier molecular flexibility index (Phi) is 4.75. The van der Waals surface area contributed by atoms with Crippen LogP contribution in [0.1, 0.15) is 29.5 Å². The lowest BCUT2D eigenvalue weighted by Crippen LogP contribution is -2.50.